The number of nitrogens with zero attached hydrogens (tertiary/aromatic N) is 3. The van der Waals surface area contributed by atoms with Crippen molar-refractivity contribution in [2.75, 3.05) is 13.2 Å². The number of nitriles is 1. The maximum Gasteiger partial charge on any atom is 0.171 e. The predicted molar refractivity (Wildman–Crippen MR) is 133 cm³/mol. The highest BCUT2D eigenvalue weighted by molar-refractivity contribution is 14.1. The Labute approximate surface area is 199 Å². The van der Waals surface area contributed by atoms with Gasteiger partial charge in [-0.15, -0.1) is 11.3 Å². The number of hydrogen-bond donors (Lipinski definition) is 1. The number of hydrogen-bond acceptors (Lipinski definition) is 6. The number of fused-ring (bicyclic) bond motifs is 1. The summed E-state index contributed by atoms with van der Waals surface area (Å²) in [5, 5.41) is 20.7. The number of halogens is 1. The summed E-state index contributed by atoms with van der Waals surface area (Å²) in [6.07, 6.45) is 2.60. The molecule has 0 bridgehead atoms. The SMILES string of the molecule is CCOc1cc(C=Nc2sc3c(c2C#N)CCN(Cc2ccccc2)C3)cc(I)c1O. The van der Waals surface area contributed by atoms with Gasteiger partial charge >= 0.3 is 0 Å². The zero-order chi connectivity index (χ0) is 21.8. The maximum absolute atomic E-state index is 10.1. The highest BCUT2D eigenvalue weighted by Crippen LogP contribution is 2.39. The van der Waals surface area contributed by atoms with Crippen molar-refractivity contribution in [2.45, 2.75) is 26.4 Å². The summed E-state index contributed by atoms with van der Waals surface area (Å²) in [6, 6.07) is 16.5. The van der Waals surface area contributed by atoms with E-state index in [1.807, 2.05) is 19.1 Å². The first-order chi connectivity index (χ1) is 15.1. The Balaban J connectivity index is 1.57. The second-order valence-corrected chi connectivity index (χ2v) is 9.53. The van der Waals surface area contributed by atoms with E-state index in [9.17, 15) is 10.4 Å². The molecule has 0 unspecified atom stereocenters. The minimum absolute atomic E-state index is 0.141. The molecule has 1 aromatic heterocycles. The lowest BCUT2D eigenvalue weighted by atomic mass is 10.0. The third kappa shape index (κ3) is 4.92. The molecule has 7 heteroatoms. The number of phenols is 1. The Morgan fingerprint density at radius 1 is 1.32 bits per heavy atom. The number of benzene rings is 2. The van der Waals surface area contributed by atoms with E-state index in [4.69, 9.17) is 4.74 Å². The van der Waals surface area contributed by atoms with Gasteiger partial charge in [-0.2, -0.15) is 5.26 Å². The Hall–Kier alpha value is -2.41. The summed E-state index contributed by atoms with van der Waals surface area (Å²) in [6.45, 7) is 5.03. The van der Waals surface area contributed by atoms with Crippen LogP contribution in [0.2, 0.25) is 0 Å². The van der Waals surface area contributed by atoms with Gasteiger partial charge in [0.25, 0.3) is 0 Å². The van der Waals surface area contributed by atoms with Crippen molar-refractivity contribution in [1.82, 2.24) is 4.90 Å². The average molecular weight is 543 g/mol. The van der Waals surface area contributed by atoms with Crippen molar-refractivity contribution in [3.05, 3.63) is 73.2 Å². The second-order valence-electron chi connectivity index (χ2n) is 7.28. The van der Waals surface area contributed by atoms with E-state index >= 15 is 0 Å². The molecule has 0 amide bonds. The molecule has 0 radical (unpaired) electrons. The zero-order valence-corrected chi connectivity index (χ0v) is 20.1. The molecule has 0 aliphatic carbocycles. The molecule has 3 aromatic rings. The summed E-state index contributed by atoms with van der Waals surface area (Å²) >= 11 is 3.67. The van der Waals surface area contributed by atoms with E-state index in [-0.39, 0.29) is 5.75 Å². The first-order valence-corrected chi connectivity index (χ1v) is 12.0. The van der Waals surface area contributed by atoms with Crippen molar-refractivity contribution in [3.8, 4) is 17.6 Å². The molecular formula is C24H22IN3O2S. The van der Waals surface area contributed by atoms with Crippen LogP contribution in [0.15, 0.2) is 47.5 Å². The van der Waals surface area contributed by atoms with Crippen LogP contribution in [0.25, 0.3) is 0 Å². The van der Waals surface area contributed by atoms with Crippen LogP contribution in [-0.4, -0.2) is 29.4 Å². The van der Waals surface area contributed by atoms with E-state index in [1.165, 1.54) is 10.4 Å². The van der Waals surface area contributed by atoms with E-state index < -0.39 is 0 Å². The maximum atomic E-state index is 10.1. The number of thiophene rings is 1. The molecule has 0 spiro atoms. The summed E-state index contributed by atoms with van der Waals surface area (Å²) in [5.41, 5.74) is 3.95. The lowest BCUT2D eigenvalue weighted by Gasteiger charge is -2.26. The quantitative estimate of drug-likeness (QED) is 0.323. The Bertz CT molecular complexity index is 1150. The Morgan fingerprint density at radius 2 is 2.13 bits per heavy atom. The molecule has 2 heterocycles. The molecule has 1 N–H and O–H groups in total. The highest BCUT2D eigenvalue weighted by Gasteiger charge is 2.24. The van der Waals surface area contributed by atoms with Gasteiger partial charge in [0.05, 0.1) is 15.7 Å². The van der Waals surface area contributed by atoms with Gasteiger partial charge < -0.3 is 9.84 Å². The van der Waals surface area contributed by atoms with Gasteiger partial charge in [-0.05, 0) is 64.8 Å². The topological polar surface area (TPSA) is 68.8 Å². The van der Waals surface area contributed by atoms with Crippen LogP contribution in [0, 0.1) is 14.9 Å². The number of ether oxygens (including phenoxy) is 1. The van der Waals surface area contributed by atoms with Crippen LogP contribution in [0.5, 0.6) is 11.5 Å². The van der Waals surface area contributed by atoms with Gasteiger partial charge in [-0.3, -0.25) is 4.90 Å². The molecule has 0 fully saturated rings. The second kappa shape index (κ2) is 9.81. The highest BCUT2D eigenvalue weighted by atomic mass is 127. The van der Waals surface area contributed by atoms with Gasteiger partial charge in [-0.25, -0.2) is 4.99 Å². The van der Waals surface area contributed by atoms with Gasteiger partial charge in [0.1, 0.15) is 11.1 Å². The molecule has 31 heavy (non-hydrogen) atoms. The van der Waals surface area contributed by atoms with Crippen LogP contribution in [0.4, 0.5) is 5.00 Å². The van der Waals surface area contributed by atoms with Crippen LogP contribution in [0.3, 0.4) is 0 Å². The van der Waals surface area contributed by atoms with Gasteiger partial charge in [0.2, 0.25) is 0 Å². The van der Waals surface area contributed by atoms with E-state index in [0.29, 0.717) is 21.5 Å². The zero-order valence-electron chi connectivity index (χ0n) is 17.1. The normalized spacial score (nSPS) is 13.8. The number of phenolic OH excluding ortho intramolecular Hbond substituents is 1. The lowest BCUT2D eigenvalue weighted by Crippen LogP contribution is -2.29. The van der Waals surface area contributed by atoms with E-state index in [2.05, 4.69) is 62.8 Å². The standard InChI is InChI=1S/C24H22IN3O2S/c1-2-30-21-11-17(10-20(25)23(21)29)13-27-24-19(12-26)18-8-9-28(15-22(18)31-24)14-16-6-4-3-5-7-16/h3-7,10-11,13,29H,2,8-9,14-15H2,1H3. The van der Waals surface area contributed by atoms with Gasteiger partial charge in [-0.1, -0.05) is 30.3 Å². The number of aromatic hydroxyl groups is 1. The van der Waals surface area contributed by atoms with Crippen molar-refractivity contribution in [3.63, 3.8) is 0 Å². The molecule has 1 aliphatic heterocycles. The minimum atomic E-state index is 0.141. The van der Waals surface area contributed by atoms with Crippen LogP contribution >= 0.6 is 33.9 Å². The van der Waals surface area contributed by atoms with Gasteiger partial charge in [0.15, 0.2) is 11.5 Å². The first-order valence-electron chi connectivity index (χ1n) is 10.1. The summed E-state index contributed by atoms with van der Waals surface area (Å²) in [4.78, 5) is 8.28. The monoisotopic (exact) mass is 543 g/mol. The summed E-state index contributed by atoms with van der Waals surface area (Å²) in [7, 11) is 0. The molecule has 4 rings (SSSR count). The molecule has 0 saturated carbocycles. The lowest BCUT2D eigenvalue weighted by molar-refractivity contribution is 0.249. The number of rotatable bonds is 6. The minimum Gasteiger partial charge on any atom is -0.504 e. The molecule has 1 aliphatic rings. The summed E-state index contributed by atoms with van der Waals surface area (Å²) in [5.74, 6) is 0.584. The third-order valence-corrected chi connectivity index (χ3v) is 7.11. The molecule has 158 valence electrons. The van der Waals surface area contributed by atoms with Crippen molar-refractivity contribution in [1.29, 1.82) is 5.26 Å². The molecular weight excluding hydrogens is 521 g/mol. The van der Waals surface area contributed by atoms with Crippen molar-refractivity contribution >= 4 is 45.1 Å². The predicted octanol–water partition coefficient (Wildman–Crippen LogP) is 5.64. The fourth-order valence-corrected chi connectivity index (χ4v) is 5.50. The molecule has 0 atom stereocenters. The molecule has 5 nitrogen and oxygen atoms in total. The average Bonchev–Trinajstić information content (AvgIpc) is 3.13. The third-order valence-electron chi connectivity index (χ3n) is 5.16. The van der Waals surface area contributed by atoms with Crippen LogP contribution in [-0.2, 0) is 19.5 Å². The molecule has 0 saturated heterocycles. The smallest absolute Gasteiger partial charge is 0.171 e. The van der Waals surface area contributed by atoms with Crippen LogP contribution < -0.4 is 4.74 Å². The van der Waals surface area contributed by atoms with Crippen molar-refractivity contribution in [2.24, 2.45) is 4.99 Å². The Kier molecular flexibility index (Phi) is 6.90. The fraction of sp³-hybridized carbons (Fsp3) is 0.250. The first kappa shape index (κ1) is 21.8. The van der Waals surface area contributed by atoms with E-state index in [1.54, 1.807) is 23.6 Å². The fourth-order valence-electron chi connectivity index (χ4n) is 3.69. The van der Waals surface area contributed by atoms with Crippen molar-refractivity contribution < 1.29 is 9.84 Å². The Morgan fingerprint density at radius 3 is 2.87 bits per heavy atom. The summed E-state index contributed by atoms with van der Waals surface area (Å²) < 4.78 is 6.21. The number of aliphatic imine (C=N–C) groups is 1. The van der Waals surface area contributed by atoms with Crippen LogP contribution in [0.1, 0.15) is 34.1 Å². The van der Waals surface area contributed by atoms with E-state index in [0.717, 1.165) is 42.2 Å². The largest absolute Gasteiger partial charge is 0.504 e. The van der Waals surface area contributed by atoms with Gasteiger partial charge in [0, 0.05) is 30.7 Å². The molecule has 2 aromatic carbocycles.